The fraction of sp³-hybridized carbons (Fsp3) is 1.00. The molecule has 4 nitrogen and oxygen atoms in total. The highest BCUT2D eigenvalue weighted by molar-refractivity contribution is 4.95. The van der Waals surface area contributed by atoms with E-state index in [2.05, 4.69) is 23.9 Å². The van der Waals surface area contributed by atoms with Gasteiger partial charge < -0.3 is 15.4 Å². The van der Waals surface area contributed by atoms with Crippen molar-refractivity contribution in [1.82, 2.24) is 9.80 Å². The molecule has 0 spiro atoms. The average molecular weight is 255 g/mol. The topological polar surface area (TPSA) is 41.7 Å². The molecule has 0 bridgehead atoms. The third kappa shape index (κ3) is 3.23. The van der Waals surface area contributed by atoms with Crippen LogP contribution in [0.3, 0.4) is 0 Å². The Morgan fingerprint density at radius 2 is 1.83 bits per heavy atom. The van der Waals surface area contributed by atoms with Gasteiger partial charge in [-0.3, -0.25) is 4.90 Å². The lowest BCUT2D eigenvalue weighted by molar-refractivity contribution is -0.0383. The molecule has 2 fully saturated rings. The number of nitrogens with zero attached hydrogens (tertiary/aromatic N) is 2. The van der Waals surface area contributed by atoms with Gasteiger partial charge in [0.05, 0.1) is 0 Å². The van der Waals surface area contributed by atoms with Gasteiger partial charge in [0.25, 0.3) is 0 Å². The Balaban J connectivity index is 1.87. The third-order valence-electron chi connectivity index (χ3n) is 4.71. The van der Waals surface area contributed by atoms with Crippen molar-refractivity contribution in [1.29, 1.82) is 0 Å². The first-order valence-electron chi connectivity index (χ1n) is 7.34. The van der Waals surface area contributed by atoms with Gasteiger partial charge in [-0.15, -0.1) is 0 Å². The van der Waals surface area contributed by atoms with Crippen LogP contribution in [-0.4, -0.2) is 68.8 Å². The van der Waals surface area contributed by atoms with Crippen molar-refractivity contribution in [2.45, 2.75) is 31.2 Å². The molecule has 18 heavy (non-hydrogen) atoms. The molecule has 0 atom stereocenters. The molecule has 106 valence electrons. The van der Waals surface area contributed by atoms with Gasteiger partial charge in [0.2, 0.25) is 0 Å². The molecule has 2 heterocycles. The number of rotatable bonds is 4. The Bertz CT molecular complexity index is 243. The van der Waals surface area contributed by atoms with Crippen molar-refractivity contribution < 1.29 is 4.74 Å². The molecule has 2 rings (SSSR count). The maximum atomic E-state index is 6.08. The van der Waals surface area contributed by atoms with Gasteiger partial charge in [-0.25, -0.2) is 0 Å². The highest BCUT2D eigenvalue weighted by Crippen LogP contribution is 2.31. The van der Waals surface area contributed by atoms with E-state index >= 15 is 0 Å². The summed E-state index contributed by atoms with van der Waals surface area (Å²) < 4.78 is 5.50. The molecule has 0 amide bonds. The van der Waals surface area contributed by atoms with Gasteiger partial charge in [0.1, 0.15) is 0 Å². The van der Waals surface area contributed by atoms with Crippen LogP contribution in [0.25, 0.3) is 0 Å². The second-order valence-corrected chi connectivity index (χ2v) is 6.23. The first kappa shape index (κ1) is 14.3. The summed E-state index contributed by atoms with van der Waals surface area (Å²) in [5, 5.41) is 0. The molecule has 0 aromatic rings. The van der Waals surface area contributed by atoms with E-state index in [0.29, 0.717) is 0 Å². The van der Waals surface area contributed by atoms with E-state index in [1.807, 2.05) is 0 Å². The van der Waals surface area contributed by atoms with Crippen molar-refractivity contribution in [2.75, 3.05) is 53.5 Å². The Morgan fingerprint density at radius 3 is 2.33 bits per heavy atom. The van der Waals surface area contributed by atoms with E-state index in [1.54, 1.807) is 0 Å². The lowest BCUT2D eigenvalue weighted by Gasteiger charge is -2.48. The number of ether oxygens (including phenoxy) is 1. The molecule has 2 aliphatic rings. The summed E-state index contributed by atoms with van der Waals surface area (Å²) >= 11 is 0. The fourth-order valence-corrected chi connectivity index (χ4v) is 3.51. The van der Waals surface area contributed by atoms with E-state index in [4.69, 9.17) is 10.5 Å². The Morgan fingerprint density at radius 1 is 1.22 bits per heavy atom. The van der Waals surface area contributed by atoms with Crippen LogP contribution in [0, 0.1) is 5.92 Å². The molecule has 2 aliphatic heterocycles. The SMILES string of the molecule is CN(C)CC1CCN(C2(CN)CCOCC2)CC1. The van der Waals surface area contributed by atoms with Crippen LogP contribution in [0.2, 0.25) is 0 Å². The number of piperidine rings is 1. The monoisotopic (exact) mass is 255 g/mol. The summed E-state index contributed by atoms with van der Waals surface area (Å²) in [5.41, 5.74) is 6.32. The van der Waals surface area contributed by atoms with Gasteiger partial charge in [-0.2, -0.15) is 0 Å². The maximum Gasteiger partial charge on any atom is 0.0484 e. The molecule has 4 heteroatoms. The zero-order valence-corrected chi connectivity index (χ0v) is 12.0. The van der Waals surface area contributed by atoms with Crippen molar-refractivity contribution in [2.24, 2.45) is 11.7 Å². The van der Waals surface area contributed by atoms with Gasteiger partial charge >= 0.3 is 0 Å². The summed E-state index contributed by atoms with van der Waals surface area (Å²) in [6, 6.07) is 0. The first-order chi connectivity index (χ1) is 8.66. The van der Waals surface area contributed by atoms with E-state index < -0.39 is 0 Å². The lowest BCUT2D eigenvalue weighted by atomic mass is 9.84. The van der Waals surface area contributed by atoms with E-state index in [0.717, 1.165) is 38.5 Å². The first-order valence-corrected chi connectivity index (χ1v) is 7.34. The summed E-state index contributed by atoms with van der Waals surface area (Å²) in [5.74, 6) is 0.867. The van der Waals surface area contributed by atoms with Crippen molar-refractivity contribution in [3.05, 3.63) is 0 Å². The van der Waals surface area contributed by atoms with Crippen LogP contribution >= 0.6 is 0 Å². The second kappa shape index (κ2) is 6.33. The fourth-order valence-electron chi connectivity index (χ4n) is 3.51. The molecule has 0 aromatic heterocycles. The van der Waals surface area contributed by atoms with Crippen molar-refractivity contribution in [3.8, 4) is 0 Å². The molecule has 0 radical (unpaired) electrons. The zero-order chi connectivity index (χ0) is 13.0. The van der Waals surface area contributed by atoms with Crippen molar-refractivity contribution in [3.63, 3.8) is 0 Å². The molecular formula is C14H29N3O. The molecule has 0 unspecified atom stereocenters. The molecular weight excluding hydrogens is 226 g/mol. The smallest absolute Gasteiger partial charge is 0.0484 e. The molecule has 2 saturated heterocycles. The van der Waals surface area contributed by atoms with Crippen LogP contribution in [0.4, 0.5) is 0 Å². The minimum atomic E-state index is 0.237. The number of hydrogen-bond donors (Lipinski definition) is 1. The Labute approximate surface area is 111 Å². The van der Waals surface area contributed by atoms with Crippen LogP contribution < -0.4 is 5.73 Å². The Hall–Kier alpha value is -0.160. The average Bonchev–Trinajstić information content (AvgIpc) is 2.39. The van der Waals surface area contributed by atoms with E-state index in [9.17, 15) is 0 Å². The normalized spacial score (nSPS) is 26.7. The highest BCUT2D eigenvalue weighted by atomic mass is 16.5. The zero-order valence-electron chi connectivity index (χ0n) is 12.0. The van der Waals surface area contributed by atoms with Gasteiger partial charge in [0, 0.05) is 31.8 Å². The maximum absolute atomic E-state index is 6.08. The van der Waals surface area contributed by atoms with E-state index in [1.165, 1.54) is 32.5 Å². The highest BCUT2D eigenvalue weighted by Gasteiger charge is 2.38. The van der Waals surface area contributed by atoms with Gasteiger partial charge in [0.15, 0.2) is 0 Å². The largest absolute Gasteiger partial charge is 0.381 e. The van der Waals surface area contributed by atoms with Gasteiger partial charge in [-0.05, 0) is 58.8 Å². The van der Waals surface area contributed by atoms with Crippen molar-refractivity contribution >= 4 is 0 Å². The van der Waals surface area contributed by atoms with Crippen LogP contribution in [0.15, 0.2) is 0 Å². The predicted octanol–water partition coefficient (Wildman–Crippen LogP) is 0.768. The Kier molecular flexibility index (Phi) is 5.01. The van der Waals surface area contributed by atoms with Crippen LogP contribution in [-0.2, 0) is 4.74 Å². The third-order valence-corrected chi connectivity index (χ3v) is 4.71. The lowest BCUT2D eigenvalue weighted by Crippen LogP contribution is -2.59. The summed E-state index contributed by atoms with van der Waals surface area (Å²) in [4.78, 5) is 4.97. The minimum absolute atomic E-state index is 0.237. The standard InChI is InChI=1S/C14H29N3O/c1-16(2)11-13-3-7-17(8-4-13)14(12-15)5-9-18-10-6-14/h13H,3-12,15H2,1-2H3. The molecule has 2 N–H and O–H groups in total. The molecule has 0 aromatic carbocycles. The van der Waals surface area contributed by atoms with Gasteiger partial charge in [-0.1, -0.05) is 0 Å². The molecule has 0 aliphatic carbocycles. The van der Waals surface area contributed by atoms with Crippen LogP contribution in [0.5, 0.6) is 0 Å². The number of nitrogens with two attached hydrogens (primary N) is 1. The number of likely N-dealkylation sites (tertiary alicyclic amines) is 1. The quantitative estimate of drug-likeness (QED) is 0.805. The molecule has 0 saturated carbocycles. The summed E-state index contributed by atoms with van der Waals surface area (Å²) in [7, 11) is 4.35. The summed E-state index contributed by atoms with van der Waals surface area (Å²) in [6.45, 7) is 6.22. The minimum Gasteiger partial charge on any atom is -0.381 e. The predicted molar refractivity (Wildman–Crippen MR) is 74.7 cm³/mol. The van der Waals surface area contributed by atoms with Crippen LogP contribution in [0.1, 0.15) is 25.7 Å². The number of hydrogen-bond acceptors (Lipinski definition) is 4. The second-order valence-electron chi connectivity index (χ2n) is 6.23. The van der Waals surface area contributed by atoms with E-state index in [-0.39, 0.29) is 5.54 Å². The summed E-state index contributed by atoms with van der Waals surface area (Å²) in [6.07, 6.45) is 4.87.